The lowest BCUT2D eigenvalue weighted by atomic mass is 10.1. The van der Waals surface area contributed by atoms with Crippen LogP contribution < -0.4 is 0 Å². The number of nitrogens with zero attached hydrogens (tertiary/aromatic N) is 1. The molecule has 0 amide bonds. The Kier molecular flexibility index (Phi) is 9.53. The van der Waals surface area contributed by atoms with Crippen molar-refractivity contribution in [1.29, 1.82) is 0 Å². The standard InChI is InChI=1S/C11H10FN.C2H5FO.C2H6/c1-2-8-6-13-7-9-3-4-10(12)5-11(8)9;1-4-2-3;1-2/h3-7H,2H2,1H3;2H2,1H3;1-2H3. The fraction of sp³-hybridized carbons (Fsp3) is 0.400. The number of pyridine rings is 1. The summed E-state index contributed by atoms with van der Waals surface area (Å²) < 4.78 is 27.3. The third kappa shape index (κ3) is 5.75. The van der Waals surface area contributed by atoms with Gasteiger partial charge in [0.2, 0.25) is 0 Å². The van der Waals surface area contributed by atoms with Crippen LogP contribution in [0, 0.1) is 5.82 Å². The fourth-order valence-electron chi connectivity index (χ4n) is 1.48. The zero-order valence-electron chi connectivity index (χ0n) is 11.9. The molecule has 2 aromatic rings. The molecule has 0 aliphatic heterocycles. The summed E-state index contributed by atoms with van der Waals surface area (Å²) in [6.07, 6.45) is 4.43. The summed E-state index contributed by atoms with van der Waals surface area (Å²) in [4.78, 5) is 4.09. The molecule has 0 radical (unpaired) electrons. The SMILES string of the molecule is CC.CCc1cncc2ccc(F)cc12.COCF. The van der Waals surface area contributed by atoms with Gasteiger partial charge in [0.25, 0.3) is 0 Å². The third-order valence-electron chi connectivity index (χ3n) is 2.30. The van der Waals surface area contributed by atoms with Gasteiger partial charge >= 0.3 is 0 Å². The van der Waals surface area contributed by atoms with Gasteiger partial charge in [-0.1, -0.05) is 20.8 Å². The van der Waals surface area contributed by atoms with Crippen LogP contribution in [0.1, 0.15) is 26.3 Å². The number of benzene rings is 1. The molecule has 2 rings (SSSR count). The molecule has 1 aromatic heterocycles. The second-order valence-corrected chi connectivity index (χ2v) is 3.42. The van der Waals surface area contributed by atoms with Gasteiger partial charge in [-0.15, -0.1) is 0 Å². The van der Waals surface area contributed by atoms with E-state index in [9.17, 15) is 8.78 Å². The molecule has 0 bridgehead atoms. The Balaban J connectivity index is 0.000000467. The maximum Gasteiger partial charge on any atom is 0.187 e. The highest BCUT2D eigenvalue weighted by Gasteiger charge is 2.00. The van der Waals surface area contributed by atoms with Gasteiger partial charge in [0.1, 0.15) is 5.82 Å². The summed E-state index contributed by atoms with van der Waals surface area (Å²) >= 11 is 0. The first-order valence-electron chi connectivity index (χ1n) is 6.30. The first kappa shape index (κ1) is 17.4. The van der Waals surface area contributed by atoms with Crippen LogP contribution in [0.2, 0.25) is 0 Å². The molecular weight excluding hydrogens is 248 g/mol. The Labute approximate surface area is 113 Å². The van der Waals surface area contributed by atoms with Gasteiger partial charge in [-0.2, -0.15) is 0 Å². The topological polar surface area (TPSA) is 22.1 Å². The van der Waals surface area contributed by atoms with E-state index in [-0.39, 0.29) is 5.82 Å². The lowest BCUT2D eigenvalue weighted by Gasteiger charge is -2.02. The first-order chi connectivity index (χ1) is 9.22. The van der Waals surface area contributed by atoms with Crippen molar-refractivity contribution in [3.8, 4) is 0 Å². The minimum atomic E-state index is -0.681. The molecule has 0 atom stereocenters. The Morgan fingerprint density at radius 3 is 2.37 bits per heavy atom. The predicted molar refractivity (Wildman–Crippen MR) is 75.4 cm³/mol. The Morgan fingerprint density at radius 1 is 1.21 bits per heavy atom. The van der Waals surface area contributed by atoms with E-state index in [4.69, 9.17) is 0 Å². The number of ether oxygens (including phenoxy) is 1. The number of hydrogen-bond acceptors (Lipinski definition) is 2. The van der Waals surface area contributed by atoms with Crippen molar-refractivity contribution in [1.82, 2.24) is 4.98 Å². The van der Waals surface area contributed by atoms with Crippen molar-refractivity contribution in [2.75, 3.05) is 14.0 Å². The zero-order chi connectivity index (χ0) is 14.7. The molecule has 0 aliphatic rings. The van der Waals surface area contributed by atoms with Crippen LogP contribution in [0.25, 0.3) is 10.8 Å². The zero-order valence-corrected chi connectivity index (χ0v) is 11.9. The van der Waals surface area contributed by atoms with E-state index >= 15 is 0 Å². The largest absolute Gasteiger partial charge is 0.354 e. The molecule has 19 heavy (non-hydrogen) atoms. The molecule has 1 aromatic carbocycles. The summed E-state index contributed by atoms with van der Waals surface area (Å²) in [5, 5.41) is 1.97. The number of hydrogen-bond donors (Lipinski definition) is 0. The molecule has 4 heteroatoms. The monoisotopic (exact) mass is 269 g/mol. The summed E-state index contributed by atoms with van der Waals surface area (Å²) in [5.74, 6) is -0.187. The van der Waals surface area contributed by atoms with Crippen LogP contribution in [-0.2, 0) is 11.2 Å². The van der Waals surface area contributed by atoms with Gasteiger partial charge in [0, 0.05) is 24.9 Å². The summed E-state index contributed by atoms with van der Waals surface area (Å²) in [7, 11) is 1.31. The molecule has 0 saturated carbocycles. The summed E-state index contributed by atoms with van der Waals surface area (Å²) in [6.45, 7) is 5.36. The van der Waals surface area contributed by atoms with Crippen LogP contribution in [0.5, 0.6) is 0 Å². The van der Waals surface area contributed by atoms with Crippen LogP contribution >= 0.6 is 0 Å². The van der Waals surface area contributed by atoms with Crippen molar-refractivity contribution >= 4 is 10.8 Å². The van der Waals surface area contributed by atoms with Gasteiger partial charge < -0.3 is 4.74 Å². The van der Waals surface area contributed by atoms with E-state index in [1.165, 1.54) is 13.2 Å². The Morgan fingerprint density at radius 2 is 1.84 bits per heavy atom. The second-order valence-electron chi connectivity index (χ2n) is 3.42. The van der Waals surface area contributed by atoms with Crippen LogP contribution in [0.15, 0.2) is 30.6 Å². The molecular formula is C15H21F2NO. The molecule has 0 N–H and O–H groups in total. The lowest BCUT2D eigenvalue weighted by Crippen LogP contribution is -1.86. The van der Waals surface area contributed by atoms with E-state index in [0.717, 1.165) is 22.8 Å². The van der Waals surface area contributed by atoms with Crippen molar-refractivity contribution in [3.05, 3.63) is 42.0 Å². The van der Waals surface area contributed by atoms with Gasteiger partial charge in [-0.3, -0.25) is 4.98 Å². The number of aryl methyl sites for hydroxylation is 1. The normalized spacial score (nSPS) is 9.16. The minimum absolute atomic E-state index is 0.187. The summed E-state index contributed by atoms with van der Waals surface area (Å²) in [5.41, 5.74) is 1.09. The number of halogens is 2. The van der Waals surface area contributed by atoms with E-state index in [1.54, 1.807) is 24.5 Å². The van der Waals surface area contributed by atoms with Gasteiger partial charge in [-0.05, 0) is 35.6 Å². The Bertz CT molecular complexity index is 473. The minimum Gasteiger partial charge on any atom is -0.354 e. The van der Waals surface area contributed by atoms with Crippen LogP contribution in [-0.4, -0.2) is 19.0 Å². The average molecular weight is 269 g/mol. The fourth-order valence-corrected chi connectivity index (χ4v) is 1.48. The summed E-state index contributed by atoms with van der Waals surface area (Å²) in [6, 6.07) is 4.79. The molecule has 106 valence electrons. The molecule has 0 aliphatic carbocycles. The van der Waals surface area contributed by atoms with Crippen LogP contribution in [0.3, 0.4) is 0 Å². The van der Waals surface area contributed by atoms with Crippen molar-refractivity contribution in [3.63, 3.8) is 0 Å². The smallest absolute Gasteiger partial charge is 0.187 e. The number of rotatable bonds is 2. The average Bonchev–Trinajstić information content (AvgIpc) is 2.49. The van der Waals surface area contributed by atoms with Crippen molar-refractivity contribution in [2.45, 2.75) is 27.2 Å². The van der Waals surface area contributed by atoms with Crippen molar-refractivity contribution in [2.24, 2.45) is 0 Å². The molecule has 0 fully saturated rings. The second kappa shape index (κ2) is 10.4. The highest BCUT2D eigenvalue weighted by Crippen LogP contribution is 2.18. The highest BCUT2D eigenvalue weighted by molar-refractivity contribution is 5.84. The number of methoxy groups -OCH3 is 1. The maximum atomic E-state index is 12.9. The molecule has 1 heterocycles. The Hall–Kier alpha value is -1.55. The maximum absolute atomic E-state index is 12.9. The van der Waals surface area contributed by atoms with Crippen LogP contribution in [0.4, 0.5) is 8.78 Å². The van der Waals surface area contributed by atoms with E-state index < -0.39 is 6.86 Å². The van der Waals surface area contributed by atoms with Crippen molar-refractivity contribution < 1.29 is 13.5 Å². The van der Waals surface area contributed by atoms with E-state index in [2.05, 4.69) is 9.72 Å². The number of alkyl halides is 1. The number of fused-ring (bicyclic) bond motifs is 1. The molecule has 0 saturated heterocycles. The predicted octanol–water partition coefficient (Wildman–Crippen LogP) is 4.52. The lowest BCUT2D eigenvalue weighted by molar-refractivity contribution is 0.104. The molecule has 2 nitrogen and oxygen atoms in total. The third-order valence-corrected chi connectivity index (χ3v) is 2.30. The highest BCUT2D eigenvalue weighted by atomic mass is 19.1. The molecule has 0 spiro atoms. The van der Waals surface area contributed by atoms with Gasteiger partial charge in [-0.25, -0.2) is 8.78 Å². The quantitative estimate of drug-likeness (QED) is 0.799. The van der Waals surface area contributed by atoms with Gasteiger partial charge in [0.15, 0.2) is 6.86 Å². The first-order valence-corrected chi connectivity index (χ1v) is 6.30. The van der Waals surface area contributed by atoms with E-state index in [0.29, 0.717) is 0 Å². The van der Waals surface area contributed by atoms with Gasteiger partial charge in [0.05, 0.1) is 0 Å². The number of aromatic nitrogens is 1. The molecule has 0 unspecified atom stereocenters. The van der Waals surface area contributed by atoms with E-state index in [1.807, 2.05) is 20.8 Å².